The summed E-state index contributed by atoms with van der Waals surface area (Å²) in [5, 5.41) is 16.5. The number of fused-ring (bicyclic) bond motifs is 1. The van der Waals surface area contributed by atoms with E-state index < -0.39 is 29.5 Å². The average Bonchev–Trinajstić information content (AvgIpc) is 3.40. The molecule has 0 saturated carbocycles. The minimum Gasteiger partial charge on any atom is -0.351 e. The van der Waals surface area contributed by atoms with Crippen molar-refractivity contribution in [3.8, 4) is 0 Å². The second kappa shape index (κ2) is 17.0. The van der Waals surface area contributed by atoms with E-state index in [0.29, 0.717) is 42.9 Å². The Kier molecular flexibility index (Phi) is 13.1. The third-order valence-electron chi connectivity index (χ3n) is 7.36. The second-order valence-electron chi connectivity index (χ2n) is 10.4. The number of nitrogens with one attached hydrogen (secondary N) is 5. The predicted molar refractivity (Wildman–Crippen MR) is 173 cm³/mol. The highest BCUT2D eigenvalue weighted by Crippen LogP contribution is 2.21. The van der Waals surface area contributed by atoms with E-state index in [1.165, 1.54) is 25.1 Å². The monoisotopic (exact) mass is 621 g/mol. The van der Waals surface area contributed by atoms with E-state index in [0.717, 1.165) is 26.2 Å². The van der Waals surface area contributed by atoms with Crippen LogP contribution >= 0.6 is 0 Å². The number of hydrogen-bond donors (Lipinski definition) is 5. The normalized spacial score (nSPS) is 12.2. The standard InChI is InChI=1S/C31H43N9O5/c1-6-39(7-2)14-12-32-28(42)21-16-22(29(43)33-13-15-40(8-3)9-4)18-24(17-21)37-38-27(20(5)41)30(44)34-23-10-11-25-26(19-23)36-31(45)35-25/h10-11,16-19,27H,6-9,12-15H2,1-5H3,(H,32,42)(H,33,43)(H,34,44)(H2,35,36,45). The summed E-state index contributed by atoms with van der Waals surface area (Å²) in [5.41, 5.74) is 1.51. The maximum atomic E-state index is 13.1. The van der Waals surface area contributed by atoms with Crippen LogP contribution < -0.4 is 21.6 Å². The van der Waals surface area contributed by atoms with Gasteiger partial charge in [0.1, 0.15) is 0 Å². The molecular formula is C31H43N9O5. The molecule has 3 amide bonds. The highest BCUT2D eigenvalue weighted by atomic mass is 16.2. The first-order valence-electron chi connectivity index (χ1n) is 15.2. The molecule has 0 saturated heterocycles. The fraction of sp³-hybridized carbons (Fsp3) is 0.452. The van der Waals surface area contributed by atoms with Crippen molar-refractivity contribution in [2.45, 2.75) is 40.7 Å². The molecule has 0 aliphatic carbocycles. The first-order valence-corrected chi connectivity index (χ1v) is 15.2. The molecule has 1 atom stereocenters. The van der Waals surface area contributed by atoms with Crippen molar-refractivity contribution >= 4 is 45.9 Å². The van der Waals surface area contributed by atoms with Crippen LogP contribution in [0.1, 0.15) is 55.3 Å². The number of hydrogen-bond acceptors (Lipinski definition) is 9. The van der Waals surface area contributed by atoms with E-state index in [9.17, 15) is 24.0 Å². The lowest BCUT2D eigenvalue weighted by Gasteiger charge is -2.18. The molecule has 242 valence electrons. The van der Waals surface area contributed by atoms with E-state index in [-0.39, 0.29) is 22.5 Å². The lowest BCUT2D eigenvalue weighted by Crippen LogP contribution is -2.35. The molecule has 0 bridgehead atoms. The van der Waals surface area contributed by atoms with Crippen LogP contribution in [0, 0.1) is 0 Å². The molecule has 1 unspecified atom stereocenters. The Morgan fingerprint density at radius 1 is 0.778 bits per heavy atom. The Morgan fingerprint density at radius 2 is 1.31 bits per heavy atom. The molecule has 2 aromatic carbocycles. The zero-order valence-electron chi connectivity index (χ0n) is 26.5. The van der Waals surface area contributed by atoms with Gasteiger partial charge in [0.15, 0.2) is 5.78 Å². The summed E-state index contributed by atoms with van der Waals surface area (Å²) in [6.07, 6.45) is 0. The van der Waals surface area contributed by atoms with Gasteiger partial charge in [-0.15, -0.1) is 0 Å². The molecule has 0 radical (unpaired) electrons. The van der Waals surface area contributed by atoms with Gasteiger partial charge in [-0.1, -0.05) is 27.7 Å². The van der Waals surface area contributed by atoms with Gasteiger partial charge in [-0.25, -0.2) is 4.79 Å². The van der Waals surface area contributed by atoms with Gasteiger partial charge in [0.2, 0.25) is 6.04 Å². The van der Waals surface area contributed by atoms with Gasteiger partial charge in [0.25, 0.3) is 17.7 Å². The van der Waals surface area contributed by atoms with Crippen molar-refractivity contribution in [1.82, 2.24) is 30.4 Å². The largest absolute Gasteiger partial charge is 0.351 e. The number of ketones is 1. The number of aromatic amines is 2. The summed E-state index contributed by atoms with van der Waals surface area (Å²) in [6, 6.07) is 7.63. The number of aromatic nitrogens is 2. The molecule has 3 rings (SSSR count). The molecule has 14 nitrogen and oxygen atoms in total. The van der Waals surface area contributed by atoms with Gasteiger partial charge in [-0.05, 0) is 69.5 Å². The molecule has 14 heteroatoms. The minimum atomic E-state index is -1.50. The predicted octanol–water partition coefficient (Wildman–Crippen LogP) is 2.68. The van der Waals surface area contributed by atoms with Crippen LogP contribution in [0.3, 0.4) is 0 Å². The molecule has 45 heavy (non-hydrogen) atoms. The van der Waals surface area contributed by atoms with Crippen LogP contribution in [-0.4, -0.2) is 102 Å². The first kappa shape index (κ1) is 34.8. The summed E-state index contributed by atoms with van der Waals surface area (Å²) in [4.78, 5) is 72.7. The zero-order chi connectivity index (χ0) is 32.9. The van der Waals surface area contributed by atoms with Gasteiger partial charge in [0, 0.05) is 43.0 Å². The number of amides is 3. The number of Topliss-reactive ketones (excluding diaryl/α,β-unsaturated/α-hetero) is 1. The maximum Gasteiger partial charge on any atom is 0.323 e. The van der Waals surface area contributed by atoms with E-state index in [4.69, 9.17) is 0 Å². The van der Waals surface area contributed by atoms with Gasteiger partial charge in [0.05, 0.1) is 16.7 Å². The number of nitrogens with zero attached hydrogens (tertiary/aromatic N) is 4. The molecule has 0 aliphatic heterocycles. The average molecular weight is 622 g/mol. The van der Waals surface area contributed by atoms with Crippen molar-refractivity contribution < 1.29 is 19.2 Å². The van der Waals surface area contributed by atoms with Crippen molar-refractivity contribution in [1.29, 1.82) is 0 Å². The summed E-state index contributed by atoms with van der Waals surface area (Å²) in [6.45, 7) is 14.9. The molecule has 1 aromatic heterocycles. The van der Waals surface area contributed by atoms with Crippen molar-refractivity contribution in [2.75, 3.05) is 57.7 Å². The fourth-order valence-corrected chi connectivity index (χ4v) is 4.63. The van der Waals surface area contributed by atoms with Crippen LogP contribution in [0.2, 0.25) is 0 Å². The lowest BCUT2D eigenvalue weighted by atomic mass is 10.1. The van der Waals surface area contributed by atoms with Crippen LogP contribution in [0.4, 0.5) is 11.4 Å². The Bertz CT molecular complexity index is 1520. The number of azo groups is 1. The topological polar surface area (TPSA) is 184 Å². The van der Waals surface area contributed by atoms with E-state index >= 15 is 0 Å². The third kappa shape index (κ3) is 10.2. The zero-order valence-corrected chi connectivity index (χ0v) is 26.5. The summed E-state index contributed by atoms with van der Waals surface area (Å²) < 4.78 is 0. The maximum absolute atomic E-state index is 13.1. The third-order valence-corrected chi connectivity index (χ3v) is 7.36. The van der Waals surface area contributed by atoms with Gasteiger partial charge >= 0.3 is 5.69 Å². The Balaban J connectivity index is 1.83. The number of imidazole rings is 1. The van der Waals surface area contributed by atoms with Gasteiger partial charge in [-0.3, -0.25) is 19.2 Å². The quantitative estimate of drug-likeness (QED) is 0.113. The minimum absolute atomic E-state index is 0.130. The summed E-state index contributed by atoms with van der Waals surface area (Å²) >= 11 is 0. The van der Waals surface area contributed by atoms with Gasteiger partial charge in [-0.2, -0.15) is 10.2 Å². The Morgan fingerprint density at radius 3 is 1.82 bits per heavy atom. The number of H-pyrrole nitrogens is 2. The van der Waals surface area contributed by atoms with Crippen molar-refractivity contribution in [3.63, 3.8) is 0 Å². The van der Waals surface area contributed by atoms with Gasteiger partial charge < -0.3 is 35.7 Å². The SMILES string of the molecule is CCN(CC)CCNC(=O)c1cc(N=NC(C(C)=O)C(=O)Nc2ccc3[nH]c(=O)[nH]c3c2)cc(C(=O)NCCN(CC)CC)c1. The van der Waals surface area contributed by atoms with Crippen LogP contribution in [0.5, 0.6) is 0 Å². The highest BCUT2D eigenvalue weighted by molar-refractivity contribution is 6.10. The first-order chi connectivity index (χ1) is 21.6. The number of anilines is 1. The van der Waals surface area contributed by atoms with Crippen LogP contribution in [-0.2, 0) is 9.59 Å². The Hall–Kier alpha value is -4.69. The Labute approximate surface area is 262 Å². The molecule has 5 N–H and O–H groups in total. The highest BCUT2D eigenvalue weighted by Gasteiger charge is 2.24. The molecule has 0 spiro atoms. The molecule has 3 aromatic rings. The number of likely N-dealkylation sites (N-methyl/N-ethyl adjacent to an activating group) is 2. The van der Waals surface area contributed by atoms with Crippen LogP contribution in [0.15, 0.2) is 51.4 Å². The number of carbonyl (C=O) groups excluding carboxylic acids is 4. The fourth-order valence-electron chi connectivity index (χ4n) is 4.63. The molecule has 0 fully saturated rings. The van der Waals surface area contributed by atoms with E-state index in [1.54, 1.807) is 18.2 Å². The number of benzene rings is 2. The molecule has 0 aliphatic rings. The van der Waals surface area contributed by atoms with E-state index in [1.807, 2.05) is 27.7 Å². The second-order valence-corrected chi connectivity index (χ2v) is 10.4. The number of rotatable bonds is 17. The molecule has 1 heterocycles. The smallest absolute Gasteiger partial charge is 0.323 e. The van der Waals surface area contributed by atoms with Crippen LogP contribution in [0.25, 0.3) is 11.0 Å². The molecular weight excluding hydrogens is 578 g/mol. The van der Waals surface area contributed by atoms with E-state index in [2.05, 4.69) is 45.9 Å². The lowest BCUT2D eigenvalue weighted by molar-refractivity contribution is -0.126. The number of carbonyl (C=O) groups is 4. The van der Waals surface area contributed by atoms with Crippen molar-refractivity contribution in [2.24, 2.45) is 10.2 Å². The van der Waals surface area contributed by atoms with Crippen molar-refractivity contribution in [3.05, 3.63) is 58.0 Å². The summed E-state index contributed by atoms with van der Waals surface area (Å²) in [5.74, 6) is -2.08. The summed E-state index contributed by atoms with van der Waals surface area (Å²) in [7, 11) is 0.